The molecular formula is C33H30FN5OS. The van der Waals surface area contributed by atoms with Gasteiger partial charge in [-0.2, -0.15) is 0 Å². The number of amides is 1. The highest BCUT2D eigenvalue weighted by Crippen LogP contribution is 2.42. The van der Waals surface area contributed by atoms with E-state index in [4.69, 9.17) is 12.2 Å². The molecule has 8 heteroatoms. The number of nitrogens with zero attached hydrogens (tertiary/aromatic N) is 3. The summed E-state index contributed by atoms with van der Waals surface area (Å²) in [5, 5.41) is 9.06. The average Bonchev–Trinajstić information content (AvgIpc) is 3.47. The fourth-order valence-corrected chi connectivity index (χ4v) is 6.17. The number of halogens is 1. The van der Waals surface area contributed by atoms with Gasteiger partial charge in [-0.3, -0.25) is 9.78 Å². The quantitative estimate of drug-likeness (QED) is 0.214. The minimum Gasteiger partial charge on any atom is -0.352 e. The molecule has 1 saturated heterocycles. The van der Waals surface area contributed by atoms with Gasteiger partial charge >= 0.3 is 0 Å². The van der Waals surface area contributed by atoms with Crippen LogP contribution in [0.1, 0.15) is 41.1 Å². The van der Waals surface area contributed by atoms with Crippen LogP contribution in [0.25, 0.3) is 16.5 Å². The normalized spacial score (nSPS) is 16.7. The fourth-order valence-electron chi connectivity index (χ4n) is 5.84. The van der Waals surface area contributed by atoms with Gasteiger partial charge in [0.2, 0.25) is 5.91 Å². The van der Waals surface area contributed by atoms with Crippen LogP contribution in [-0.2, 0) is 4.79 Å². The number of hydrogen-bond acceptors (Lipinski definition) is 3. The molecule has 5 aromatic rings. The van der Waals surface area contributed by atoms with Crippen LogP contribution in [0.3, 0.4) is 0 Å². The maximum absolute atomic E-state index is 14.1. The Hall–Kier alpha value is -4.56. The van der Waals surface area contributed by atoms with Crippen molar-refractivity contribution in [3.8, 4) is 5.69 Å². The first-order chi connectivity index (χ1) is 19.9. The van der Waals surface area contributed by atoms with Crippen molar-refractivity contribution in [2.45, 2.75) is 32.4 Å². The van der Waals surface area contributed by atoms with Crippen LogP contribution < -0.4 is 10.6 Å². The minimum atomic E-state index is -0.465. The van der Waals surface area contributed by atoms with E-state index in [0.29, 0.717) is 11.7 Å². The number of nitrogens with one attached hydrogen (secondary N) is 2. The first-order valence-corrected chi connectivity index (χ1v) is 14.0. The van der Waals surface area contributed by atoms with Gasteiger partial charge < -0.3 is 20.1 Å². The summed E-state index contributed by atoms with van der Waals surface area (Å²) in [6, 6.07) is 28.5. The molecule has 41 heavy (non-hydrogen) atoms. The number of pyridine rings is 1. The summed E-state index contributed by atoms with van der Waals surface area (Å²) in [6.07, 6.45) is 1.92. The standard InChI is InChI=1S/C33H30FN5OS/c1-21-20-25(22(2)39(21)29-16-9-11-23-10-3-4-12-24(23)29)32-31(28-15-7-8-18-35-28)37-33(41)38(32)19-17-30(40)36-27-14-6-5-13-26(27)34/h3-16,18,20,31-32H,17,19H2,1-2H3,(H,36,40)(H,37,41)/t31-,32-/m0/s1. The van der Waals surface area contributed by atoms with Crippen molar-refractivity contribution < 1.29 is 9.18 Å². The van der Waals surface area contributed by atoms with E-state index >= 15 is 0 Å². The number of hydrogen-bond donors (Lipinski definition) is 2. The van der Waals surface area contributed by atoms with Crippen LogP contribution in [0.15, 0.2) is 97.2 Å². The van der Waals surface area contributed by atoms with Crippen molar-refractivity contribution in [3.63, 3.8) is 0 Å². The summed E-state index contributed by atoms with van der Waals surface area (Å²) in [7, 11) is 0. The zero-order valence-electron chi connectivity index (χ0n) is 22.8. The fraction of sp³-hybridized carbons (Fsp3) is 0.182. The third-order valence-corrected chi connectivity index (χ3v) is 8.07. The number of rotatable bonds is 7. The summed E-state index contributed by atoms with van der Waals surface area (Å²) in [5.74, 6) is -0.743. The lowest BCUT2D eigenvalue weighted by Crippen LogP contribution is -2.33. The van der Waals surface area contributed by atoms with Gasteiger partial charge in [0, 0.05) is 35.9 Å². The molecule has 1 fully saturated rings. The van der Waals surface area contributed by atoms with Gasteiger partial charge in [-0.1, -0.05) is 54.6 Å². The molecule has 6 nitrogen and oxygen atoms in total. The molecule has 0 radical (unpaired) electrons. The van der Waals surface area contributed by atoms with Crippen molar-refractivity contribution in [2.75, 3.05) is 11.9 Å². The molecule has 0 aliphatic carbocycles. The molecule has 3 heterocycles. The summed E-state index contributed by atoms with van der Waals surface area (Å²) < 4.78 is 16.4. The molecule has 0 spiro atoms. The van der Waals surface area contributed by atoms with Crippen molar-refractivity contribution in [1.29, 1.82) is 0 Å². The Morgan fingerprint density at radius 2 is 1.76 bits per heavy atom. The number of benzene rings is 3. The molecule has 1 amide bonds. The Labute approximate surface area is 243 Å². The number of para-hydroxylation sites is 1. The van der Waals surface area contributed by atoms with Gasteiger partial charge in [0.25, 0.3) is 0 Å². The Morgan fingerprint density at radius 3 is 2.56 bits per heavy atom. The predicted octanol–water partition coefficient (Wildman–Crippen LogP) is 6.78. The van der Waals surface area contributed by atoms with Crippen LogP contribution in [0.2, 0.25) is 0 Å². The molecule has 0 saturated carbocycles. The van der Waals surface area contributed by atoms with E-state index in [-0.39, 0.29) is 30.1 Å². The molecule has 1 aliphatic rings. The largest absolute Gasteiger partial charge is 0.352 e. The van der Waals surface area contributed by atoms with Gasteiger partial charge in [-0.15, -0.1) is 0 Å². The van der Waals surface area contributed by atoms with E-state index in [1.807, 2.05) is 18.2 Å². The Bertz CT molecular complexity index is 1750. The summed E-state index contributed by atoms with van der Waals surface area (Å²) in [5.41, 5.74) is 5.45. The van der Waals surface area contributed by atoms with E-state index in [1.54, 1.807) is 24.4 Å². The maximum Gasteiger partial charge on any atom is 0.226 e. The van der Waals surface area contributed by atoms with Gasteiger partial charge in [0.05, 0.1) is 29.2 Å². The first-order valence-electron chi connectivity index (χ1n) is 13.6. The number of anilines is 1. The molecule has 0 unspecified atom stereocenters. The average molecular weight is 564 g/mol. The zero-order chi connectivity index (χ0) is 28.5. The topological polar surface area (TPSA) is 62.2 Å². The molecule has 2 aromatic heterocycles. The second-order valence-electron chi connectivity index (χ2n) is 10.3. The van der Waals surface area contributed by atoms with Gasteiger partial charge in [0.15, 0.2) is 5.11 Å². The molecule has 0 bridgehead atoms. The number of aromatic nitrogens is 2. The van der Waals surface area contributed by atoms with E-state index in [1.165, 1.54) is 16.8 Å². The monoisotopic (exact) mass is 563 g/mol. The molecule has 206 valence electrons. The van der Waals surface area contributed by atoms with E-state index in [9.17, 15) is 9.18 Å². The van der Waals surface area contributed by atoms with Crippen molar-refractivity contribution >= 4 is 39.7 Å². The lowest BCUT2D eigenvalue weighted by Gasteiger charge is -2.28. The van der Waals surface area contributed by atoms with E-state index in [0.717, 1.165) is 28.3 Å². The Morgan fingerprint density at radius 1 is 1.00 bits per heavy atom. The van der Waals surface area contributed by atoms with Gasteiger partial charge in [-0.05, 0) is 73.4 Å². The van der Waals surface area contributed by atoms with Crippen LogP contribution in [0.4, 0.5) is 10.1 Å². The number of carbonyl (C=O) groups is 1. The van der Waals surface area contributed by atoms with Crippen LogP contribution in [0.5, 0.6) is 0 Å². The van der Waals surface area contributed by atoms with Gasteiger partial charge in [-0.25, -0.2) is 4.39 Å². The molecule has 1 aliphatic heterocycles. The SMILES string of the molecule is Cc1cc([C@H]2[C@H](c3ccccn3)NC(=S)N2CCC(=O)Nc2ccccc2F)c(C)n1-c1cccc2ccccc12. The minimum absolute atomic E-state index is 0.143. The summed E-state index contributed by atoms with van der Waals surface area (Å²) >= 11 is 5.83. The van der Waals surface area contributed by atoms with E-state index < -0.39 is 5.82 Å². The van der Waals surface area contributed by atoms with Crippen molar-refractivity contribution in [2.24, 2.45) is 0 Å². The first kappa shape index (κ1) is 26.7. The van der Waals surface area contributed by atoms with E-state index in [2.05, 4.69) is 87.5 Å². The molecule has 3 aromatic carbocycles. The Kier molecular flexibility index (Phi) is 7.24. The molecule has 2 atom stereocenters. The summed E-state index contributed by atoms with van der Waals surface area (Å²) in [6.45, 7) is 4.60. The maximum atomic E-state index is 14.1. The highest BCUT2D eigenvalue weighted by molar-refractivity contribution is 7.80. The van der Waals surface area contributed by atoms with Crippen molar-refractivity contribution in [1.82, 2.24) is 19.8 Å². The second-order valence-corrected chi connectivity index (χ2v) is 10.6. The van der Waals surface area contributed by atoms with Crippen LogP contribution in [-0.4, -0.2) is 32.0 Å². The highest BCUT2D eigenvalue weighted by Gasteiger charge is 2.41. The molecule has 6 rings (SSSR count). The predicted molar refractivity (Wildman–Crippen MR) is 165 cm³/mol. The second kappa shape index (κ2) is 11.1. The van der Waals surface area contributed by atoms with Crippen LogP contribution in [0, 0.1) is 19.7 Å². The number of carbonyl (C=O) groups excluding carboxylic acids is 1. The van der Waals surface area contributed by atoms with Crippen LogP contribution >= 0.6 is 12.2 Å². The lowest BCUT2D eigenvalue weighted by molar-refractivity contribution is -0.116. The summed E-state index contributed by atoms with van der Waals surface area (Å²) in [4.78, 5) is 19.6. The third kappa shape index (κ3) is 5.07. The van der Waals surface area contributed by atoms with Crippen molar-refractivity contribution in [3.05, 3.63) is 126 Å². The number of fused-ring (bicyclic) bond motifs is 1. The third-order valence-electron chi connectivity index (χ3n) is 7.72. The highest BCUT2D eigenvalue weighted by atomic mass is 32.1. The zero-order valence-corrected chi connectivity index (χ0v) is 23.7. The Balaban J connectivity index is 1.37. The smallest absolute Gasteiger partial charge is 0.226 e. The number of thiocarbonyl (C=S) groups is 1. The van der Waals surface area contributed by atoms with Gasteiger partial charge in [0.1, 0.15) is 5.82 Å². The molecular weight excluding hydrogens is 533 g/mol. The lowest BCUT2D eigenvalue weighted by atomic mass is 9.96. The number of aryl methyl sites for hydroxylation is 1. The molecule has 2 N–H and O–H groups in total.